The van der Waals surface area contributed by atoms with E-state index >= 15 is 0 Å². The molecule has 2 aliphatic carbocycles. The topological polar surface area (TPSA) is 0 Å². The Labute approximate surface area is 300 Å². The van der Waals surface area contributed by atoms with Gasteiger partial charge in [0.2, 0.25) is 0 Å². The minimum absolute atomic E-state index is 0. The molecule has 0 aliphatic heterocycles. The molecule has 50 heavy (non-hydrogen) atoms. The van der Waals surface area contributed by atoms with Gasteiger partial charge in [-0.1, -0.05) is 185 Å². The Hall–Kier alpha value is -5.46. The summed E-state index contributed by atoms with van der Waals surface area (Å²) in [5, 5.41) is 7.87. The Bertz CT molecular complexity index is 1970. The zero-order valence-corrected chi connectivity index (χ0v) is 27.6. The van der Waals surface area contributed by atoms with E-state index in [4.69, 9.17) is 0 Å². The lowest BCUT2D eigenvalue weighted by molar-refractivity contribution is 0.685. The maximum Gasteiger partial charge on any atom is -0.00201 e. The average Bonchev–Trinajstić information content (AvgIpc) is 3.17. The molecule has 0 atom stereocenters. The number of rotatable bonds is 0. The minimum atomic E-state index is 0. The van der Waals surface area contributed by atoms with E-state index in [0.717, 1.165) is 12.8 Å². The van der Waals surface area contributed by atoms with Crippen molar-refractivity contribution in [2.45, 2.75) is 53.4 Å². The van der Waals surface area contributed by atoms with E-state index in [9.17, 15) is 0 Å². The van der Waals surface area contributed by atoms with Crippen molar-refractivity contribution < 1.29 is 0 Å². The first-order chi connectivity index (χ1) is 23.8. The first kappa shape index (κ1) is 35.8. The maximum atomic E-state index is 2.26. The lowest BCUT2D eigenvalue weighted by atomic mass is 9.86. The monoisotopic (exact) mass is 650 g/mol. The molecular formula is C50H50. The molecule has 0 nitrogen and oxygen atoms in total. The van der Waals surface area contributed by atoms with Gasteiger partial charge >= 0.3 is 0 Å². The predicted octanol–water partition coefficient (Wildman–Crippen LogP) is 13.9. The summed E-state index contributed by atoms with van der Waals surface area (Å²) in [5.41, 5.74) is 9.12. The van der Waals surface area contributed by atoms with E-state index in [1.54, 1.807) is 11.1 Å². The highest BCUT2D eigenvalue weighted by molar-refractivity contribution is 5.98. The molecule has 10 rings (SSSR count). The summed E-state index contributed by atoms with van der Waals surface area (Å²) in [6, 6.07) is 64.4. The molecule has 0 radical (unpaired) electrons. The van der Waals surface area contributed by atoms with Crippen LogP contribution in [0.5, 0.6) is 0 Å². The molecule has 0 fully saturated rings. The summed E-state index contributed by atoms with van der Waals surface area (Å²) in [6.45, 7) is 0. The molecule has 0 saturated carbocycles. The molecule has 0 saturated heterocycles. The summed E-state index contributed by atoms with van der Waals surface area (Å²) in [4.78, 5) is 0. The molecule has 8 aromatic rings. The zero-order chi connectivity index (χ0) is 32.4. The van der Waals surface area contributed by atoms with Gasteiger partial charge in [-0.2, -0.15) is 0 Å². The molecule has 0 bridgehead atoms. The summed E-state index contributed by atoms with van der Waals surface area (Å²) in [7, 11) is 0. The van der Waals surface area contributed by atoms with E-state index in [2.05, 4.69) is 182 Å². The van der Waals surface area contributed by atoms with Crippen molar-refractivity contribution in [1.82, 2.24) is 0 Å². The smallest absolute Gasteiger partial charge is 0.00201 e. The standard InChI is InChI=1S/C14H12.C14H10.C10H12.C10H8.2CH4/c2*1-2-6-12-10-14-8-4-3-7-13(14)9-11(12)5-1;2*1-2-6-10-8-4-3-7-9(10)5-1;;/h1-8H,9-10H2;1-10H;1-2,5-6H,3-4,7-8H2;1-8H;2*1H4. The van der Waals surface area contributed by atoms with Gasteiger partial charge in [0.25, 0.3) is 0 Å². The quantitative estimate of drug-likeness (QED) is 0.143. The first-order valence-electron chi connectivity index (χ1n) is 17.3. The van der Waals surface area contributed by atoms with E-state index < -0.39 is 0 Å². The van der Waals surface area contributed by atoms with Crippen LogP contribution in [0.25, 0.3) is 32.3 Å². The van der Waals surface area contributed by atoms with Crippen LogP contribution in [0.4, 0.5) is 0 Å². The SMILES string of the molecule is C.C.c1ccc2c(c1)CCCC2.c1ccc2c(c1)Cc1ccccc1C2.c1ccc2cc3ccccc3cc2c1.c1ccc2ccccc2c1. The zero-order valence-electron chi connectivity index (χ0n) is 27.6. The van der Waals surface area contributed by atoms with Crippen LogP contribution in [-0.2, 0) is 25.7 Å². The van der Waals surface area contributed by atoms with Crippen molar-refractivity contribution in [2.24, 2.45) is 0 Å². The van der Waals surface area contributed by atoms with Crippen molar-refractivity contribution in [3.63, 3.8) is 0 Å². The van der Waals surface area contributed by atoms with E-state index in [1.807, 2.05) is 0 Å². The second-order valence-corrected chi connectivity index (χ2v) is 12.8. The molecule has 250 valence electrons. The number of hydrogen-bond donors (Lipinski definition) is 0. The molecule has 0 spiro atoms. The fourth-order valence-electron chi connectivity index (χ4n) is 6.91. The Morgan fingerprint density at radius 3 is 0.740 bits per heavy atom. The van der Waals surface area contributed by atoms with Gasteiger partial charge in [0.05, 0.1) is 0 Å². The third-order valence-corrected chi connectivity index (χ3v) is 9.53. The van der Waals surface area contributed by atoms with E-state index in [0.29, 0.717) is 0 Å². The van der Waals surface area contributed by atoms with Crippen LogP contribution in [0, 0.1) is 0 Å². The van der Waals surface area contributed by atoms with E-state index in [-0.39, 0.29) is 14.9 Å². The third kappa shape index (κ3) is 8.95. The molecule has 0 aromatic heterocycles. The van der Waals surface area contributed by atoms with Crippen LogP contribution >= 0.6 is 0 Å². The van der Waals surface area contributed by atoms with Crippen molar-refractivity contribution in [3.05, 3.63) is 215 Å². The predicted molar refractivity (Wildman–Crippen MR) is 220 cm³/mol. The van der Waals surface area contributed by atoms with Gasteiger partial charge in [0.15, 0.2) is 0 Å². The summed E-state index contributed by atoms with van der Waals surface area (Å²) in [6.07, 6.45) is 7.58. The molecule has 0 unspecified atom stereocenters. The molecule has 8 aromatic carbocycles. The lowest BCUT2D eigenvalue weighted by Crippen LogP contribution is -2.06. The first-order valence-corrected chi connectivity index (χ1v) is 17.3. The Morgan fingerprint density at radius 1 is 0.240 bits per heavy atom. The third-order valence-electron chi connectivity index (χ3n) is 9.53. The van der Waals surface area contributed by atoms with Gasteiger partial charge in [0, 0.05) is 0 Å². The van der Waals surface area contributed by atoms with Gasteiger partial charge in [-0.25, -0.2) is 0 Å². The van der Waals surface area contributed by atoms with Crippen LogP contribution < -0.4 is 0 Å². The van der Waals surface area contributed by atoms with Crippen LogP contribution in [0.2, 0.25) is 0 Å². The van der Waals surface area contributed by atoms with Crippen LogP contribution in [-0.4, -0.2) is 0 Å². The van der Waals surface area contributed by atoms with Gasteiger partial charge in [-0.3, -0.25) is 0 Å². The molecule has 0 N–H and O–H groups in total. The number of fused-ring (bicyclic) bond motifs is 6. The molecule has 2 aliphatic rings. The van der Waals surface area contributed by atoms with E-state index in [1.165, 1.54) is 80.3 Å². The number of aryl methyl sites for hydroxylation is 2. The summed E-state index contributed by atoms with van der Waals surface area (Å²) >= 11 is 0. The fraction of sp³-hybridized carbons (Fsp3) is 0.160. The second-order valence-electron chi connectivity index (χ2n) is 12.8. The van der Waals surface area contributed by atoms with Gasteiger partial charge in [-0.05, 0) is 116 Å². The summed E-state index contributed by atoms with van der Waals surface area (Å²) < 4.78 is 0. The van der Waals surface area contributed by atoms with Gasteiger partial charge in [0.1, 0.15) is 0 Å². The highest BCUT2D eigenvalue weighted by Crippen LogP contribution is 2.26. The van der Waals surface area contributed by atoms with Crippen molar-refractivity contribution >= 4 is 32.3 Å². The maximum absolute atomic E-state index is 2.26. The Kier molecular flexibility index (Phi) is 12.8. The number of hydrogen-bond acceptors (Lipinski definition) is 0. The van der Waals surface area contributed by atoms with Crippen LogP contribution in [0.3, 0.4) is 0 Å². The van der Waals surface area contributed by atoms with Crippen LogP contribution in [0.1, 0.15) is 61.1 Å². The molecule has 0 heterocycles. The highest BCUT2D eigenvalue weighted by Gasteiger charge is 2.13. The normalized spacial score (nSPS) is 12.0. The van der Waals surface area contributed by atoms with Crippen molar-refractivity contribution in [1.29, 1.82) is 0 Å². The fourth-order valence-corrected chi connectivity index (χ4v) is 6.91. The lowest BCUT2D eigenvalue weighted by Gasteiger charge is -2.18. The summed E-state index contributed by atoms with van der Waals surface area (Å²) in [5.74, 6) is 0. The molecule has 0 amide bonds. The van der Waals surface area contributed by atoms with Crippen molar-refractivity contribution in [2.75, 3.05) is 0 Å². The minimum Gasteiger partial charge on any atom is -0.0776 e. The van der Waals surface area contributed by atoms with Gasteiger partial charge in [-0.15, -0.1) is 0 Å². The Morgan fingerprint density at radius 2 is 0.460 bits per heavy atom. The highest BCUT2D eigenvalue weighted by atomic mass is 14.2. The van der Waals surface area contributed by atoms with Gasteiger partial charge < -0.3 is 0 Å². The van der Waals surface area contributed by atoms with Crippen molar-refractivity contribution in [3.8, 4) is 0 Å². The van der Waals surface area contributed by atoms with Crippen LogP contribution in [0.15, 0.2) is 182 Å². The Balaban J connectivity index is 0.000000129. The molecular weight excluding hydrogens is 601 g/mol. The average molecular weight is 651 g/mol. The molecule has 0 heteroatoms. The number of benzene rings is 8. The largest absolute Gasteiger partial charge is 0.0776 e. The second kappa shape index (κ2) is 17.8.